The Morgan fingerprint density at radius 3 is 2.92 bits per heavy atom. The van der Waals surface area contributed by atoms with Gasteiger partial charge in [0.15, 0.2) is 0 Å². The smallest absolute Gasteiger partial charge is 0.307 e. The van der Waals surface area contributed by atoms with Gasteiger partial charge in [0.05, 0.1) is 26.2 Å². The highest BCUT2D eigenvalue weighted by Crippen LogP contribution is 2.10. The van der Waals surface area contributed by atoms with Crippen LogP contribution >= 0.6 is 0 Å². The van der Waals surface area contributed by atoms with Gasteiger partial charge in [-0.2, -0.15) is 0 Å². The second kappa shape index (κ2) is 5.19. The molecule has 13 heavy (non-hydrogen) atoms. The van der Waals surface area contributed by atoms with Gasteiger partial charge in [0.1, 0.15) is 0 Å². The molecule has 1 aliphatic rings. The molecule has 0 saturated carbocycles. The maximum atomic E-state index is 10.7. The van der Waals surface area contributed by atoms with Crippen molar-refractivity contribution in [2.24, 2.45) is 0 Å². The predicted octanol–water partition coefficient (Wildman–Crippen LogP) is 0.270. The summed E-state index contributed by atoms with van der Waals surface area (Å²) in [5, 5.41) is 0. The quantitative estimate of drug-likeness (QED) is 0.592. The lowest BCUT2D eigenvalue weighted by Crippen LogP contribution is -2.20. The Bertz CT molecular complexity index is 172. The second-order valence-electron chi connectivity index (χ2n) is 3.37. The zero-order valence-electron chi connectivity index (χ0n) is 8.28. The monoisotopic (exact) mass is 187 g/mol. The molecule has 1 aliphatic heterocycles. The van der Waals surface area contributed by atoms with Gasteiger partial charge in [0.2, 0.25) is 0 Å². The third-order valence-corrected chi connectivity index (χ3v) is 2.24. The van der Waals surface area contributed by atoms with Crippen LogP contribution in [-0.4, -0.2) is 50.8 Å². The van der Waals surface area contributed by atoms with E-state index in [2.05, 4.69) is 16.7 Å². The topological polar surface area (TPSA) is 38.8 Å². The molecule has 0 aromatic carbocycles. The van der Waals surface area contributed by atoms with Gasteiger partial charge < -0.3 is 14.4 Å². The van der Waals surface area contributed by atoms with Gasteiger partial charge in [-0.25, -0.2) is 0 Å². The average molecular weight is 187 g/mol. The third kappa shape index (κ3) is 3.74. The largest absolute Gasteiger partial charge is 0.469 e. The molecule has 76 valence electrons. The van der Waals surface area contributed by atoms with Crippen LogP contribution in [0.2, 0.25) is 0 Å². The fraction of sp³-hybridized carbons (Fsp3) is 0.889. The molecule has 4 nitrogen and oxygen atoms in total. The Kier molecular flexibility index (Phi) is 4.18. The highest BCUT2D eigenvalue weighted by Gasteiger charge is 2.19. The maximum absolute atomic E-state index is 10.7. The van der Waals surface area contributed by atoms with E-state index in [9.17, 15) is 4.79 Å². The zero-order chi connectivity index (χ0) is 9.68. The van der Waals surface area contributed by atoms with Crippen LogP contribution < -0.4 is 0 Å². The Morgan fingerprint density at radius 2 is 2.38 bits per heavy atom. The van der Waals surface area contributed by atoms with Crippen molar-refractivity contribution >= 4 is 5.97 Å². The number of methoxy groups -OCH3 is 1. The predicted molar refractivity (Wildman–Crippen MR) is 48.5 cm³/mol. The van der Waals surface area contributed by atoms with Crippen LogP contribution in [0.3, 0.4) is 0 Å². The Morgan fingerprint density at radius 1 is 1.62 bits per heavy atom. The summed E-state index contributed by atoms with van der Waals surface area (Å²) in [6, 6.07) is 0. The molecule has 4 heteroatoms. The van der Waals surface area contributed by atoms with E-state index in [0.717, 1.165) is 19.5 Å². The van der Waals surface area contributed by atoms with E-state index in [1.807, 2.05) is 0 Å². The van der Waals surface area contributed by atoms with E-state index in [4.69, 9.17) is 4.74 Å². The first-order valence-electron chi connectivity index (χ1n) is 4.59. The minimum absolute atomic E-state index is 0.202. The standard InChI is InChI=1S/C9H17NO3/c1-10-5-3-8(7-10)13-6-4-9(11)12-2/h8H,3-7H2,1-2H3/t8-/m1/s1. The molecule has 0 amide bonds. The van der Waals surface area contributed by atoms with Crippen molar-refractivity contribution in [2.45, 2.75) is 18.9 Å². The zero-order valence-corrected chi connectivity index (χ0v) is 8.28. The summed E-state index contributed by atoms with van der Waals surface area (Å²) in [7, 11) is 3.47. The van der Waals surface area contributed by atoms with E-state index < -0.39 is 0 Å². The number of carbonyl (C=O) groups excluding carboxylic acids is 1. The molecule has 1 rings (SSSR count). The number of esters is 1. The molecule has 0 aromatic heterocycles. The number of hydrogen-bond acceptors (Lipinski definition) is 4. The minimum atomic E-state index is -0.202. The number of nitrogens with zero attached hydrogens (tertiary/aromatic N) is 1. The lowest BCUT2D eigenvalue weighted by atomic mass is 10.3. The van der Waals surface area contributed by atoms with Gasteiger partial charge in [-0.1, -0.05) is 0 Å². The fourth-order valence-electron chi connectivity index (χ4n) is 1.44. The number of carbonyl (C=O) groups is 1. The summed E-state index contributed by atoms with van der Waals surface area (Å²) in [4.78, 5) is 13.0. The summed E-state index contributed by atoms with van der Waals surface area (Å²) in [5.74, 6) is -0.202. The average Bonchev–Trinajstić information content (AvgIpc) is 2.51. The summed E-state index contributed by atoms with van der Waals surface area (Å²) in [6.07, 6.45) is 1.73. The summed E-state index contributed by atoms with van der Waals surface area (Å²) >= 11 is 0. The lowest BCUT2D eigenvalue weighted by molar-refractivity contribution is -0.142. The molecule has 0 aromatic rings. The molecule has 0 N–H and O–H groups in total. The van der Waals surface area contributed by atoms with Gasteiger partial charge in [-0.05, 0) is 13.5 Å². The van der Waals surface area contributed by atoms with Gasteiger partial charge >= 0.3 is 5.97 Å². The summed E-state index contributed by atoms with van der Waals surface area (Å²) in [6.45, 7) is 2.54. The molecule has 0 unspecified atom stereocenters. The van der Waals surface area contributed by atoms with Gasteiger partial charge in [-0.3, -0.25) is 4.79 Å². The number of likely N-dealkylation sites (N-methyl/N-ethyl adjacent to an activating group) is 1. The van der Waals surface area contributed by atoms with E-state index >= 15 is 0 Å². The molecular formula is C9H17NO3. The van der Waals surface area contributed by atoms with Crippen molar-refractivity contribution < 1.29 is 14.3 Å². The van der Waals surface area contributed by atoms with Crippen LogP contribution in [0.5, 0.6) is 0 Å². The van der Waals surface area contributed by atoms with Crippen molar-refractivity contribution in [1.29, 1.82) is 0 Å². The third-order valence-electron chi connectivity index (χ3n) is 2.24. The van der Waals surface area contributed by atoms with Crippen LogP contribution in [0, 0.1) is 0 Å². The van der Waals surface area contributed by atoms with E-state index in [0.29, 0.717) is 19.1 Å². The molecule has 0 spiro atoms. The first kappa shape index (κ1) is 10.5. The summed E-state index contributed by atoms with van der Waals surface area (Å²) < 4.78 is 10.0. The Hall–Kier alpha value is -0.610. The molecule has 0 bridgehead atoms. The van der Waals surface area contributed by atoms with Crippen molar-refractivity contribution in [3.63, 3.8) is 0 Å². The molecule has 0 radical (unpaired) electrons. The number of ether oxygens (including phenoxy) is 2. The van der Waals surface area contributed by atoms with E-state index in [1.165, 1.54) is 7.11 Å². The molecule has 0 aliphatic carbocycles. The molecule has 1 fully saturated rings. The summed E-state index contributed by atoms with van der Waals surface area (Å²) in [5.41, 5.74) is 0. The number of hydrogen-bond donors (Lipinski definition) is 0. The molecule has 1 atom stereocenters. The SMILES string of the molecule is COC(=O)CCO[C@@H]1CCN(C)C1. The number of likely N-dealkylation sites (tertiary alicyclic amines) is 1. The van der Waals surface area contributed by atoms with Crippen molar-refractivity contribution in [1.82, 2.24) is 4.90 Å². The van der Waals surface area contributed by atoms with Crippen molar-refractivity contribution in [3.05, 3.63) is 0 Å². The lowest BCUT2D eigenvalue weighted by Gasteiger charge is -2.10. The van der Waals surface area contributed by atoms with Crippen LogP contribution in [0.15, 0.2) is 0 Å². The first-order chi connectivity index (χ1) is 6.22. The second-order valence-corrected chi connectivity index (χ2v) is 3.37. The normalized spacial score (nSPS) is 23.4. The maximum Gasteiger partial charge on any atom is 0.307 e. The van der Waals surface area contributed by atoms with Crippen LogP contribution in [-0.2, 0) is 14.3 Å². The van der Waals surface area contributed by atoms with Gasteiger partial charge in [0.25, 0.3) is 0 Å². The van der Waals surface area contributed by atoms with E-state index in [-0.39, 0.29) is 5.97 Å². The fourth-order valence-corrected chi connectivity index (χ4v) is 1.44. The Balaban J connectivity index is 2.03. The molecular weight excluding hydrogens is 170 g/mol. The molecule has 1 saturated heterocycles. The van der Waals surface area contributed by atoms with Crippen LogP contribution in [0.1, 0.15) is 12.8 Å². The number of rotatable bonds is 4. The Labute approximate surface area is 78.8 Å². The van der Waals surface area contributed by atoms with E-state index in [1.54, 1.807) is 0 Å². The first-order valence-corrected chi connectivity index (χ1v) is 4.59. The van der Waals surface area contributed by atoms with Gasteiger partial charge in [0, 0.05) is 13.1 Å². The highest BCUT2D eigenvalue weighted by molar-refractivity contribution is 5.69. The minimum Gasteiger partial charge on any atom is -0.469 e. The highest BCUT2D eigenvalue weighted by atomic mass is 16.5. The van der Waals surface area contributed by atoms with Crippen molar-refractivity contribution in [2.75, 3.05) is 33.9 Å². The molecule has 1 heterocycles. The van der Waals surface area contributed by atoms with Gasteiger partial charge in [-0.15, -0.1) is 0 Å². The van der Waals surface area contributed by atoms with Crippen LogP contribution in [0.25, 0.3) is 0 Å². The van der Waals surface area contributed by atoms with Crippen molar-refractivity contribution in [3.8, 4) is 0 Å². The van der Waals surface area contributed by atoms with Crippen LogP contribution in [0.4, 0.5) is 0 Å².